The molecule has 6 nitrogen and oxygen atoms in total. The third kappa shape index (κ3) is 2.49. The van der Waals surface area contributed by atoms with Crippen LogP contribution in [0.2, 0.25) is 0 Å². The number of carbonyl (C=O) groups is 1. The summed E-state index contributed by atoms with van der Waals surface area (Å²) in [5, 5.41) is 3.87. The zero-order chi connectivity index (χ0) is 14.8. The van der Waals surface area contributed by atoms with Crippen molar-refractivity contribution in [2.45, 2.75) is 26.2 Å². The number of pyridine rings is 1. The molecule has 6 heteroatoms. The molecule has 1 aliphatic heterocycles. The van der Waals surface area contributed by atoms with Crippen LogP contribution in [0.15, 0.2) is 22.7 Å². The SMILES string of the molecule is CCCc1cc(C(=O)N2CCc3ccc(OC)nc32)no1. The van der Waals surface area contributed by atoms with E-state index >= 15 is 0 Å². The van der Waals surface area contributed by atoms with Crippen molar-refractivity contribution in [3.63, 3.8) is 0 Å². The van der Waals surface area contributed by atoms with Crippen molar-refractivity contribution in [1.29, 1.82) is 0 Å². The van der Waals surface area contributed by atoms with Gasteiger partial charge in [0.15, 0.2) is 5.69 Å². The van der Waals surface area contributed by atoms with Gasteiger partial charge in [0.25, 0.3) is 5.91 Å². The van der Waals surface area contributed by atoms with Crippen molar-refractivity contribution in [3.8, 4) is 5.88 Å². The predicted octanol–water partition coefficient (Wildman–Crippen LogP) is 2.23. The Balaban J connectivity index is 1.86. The van der Waals surface area contributed by atoms with E-state index in [-0.39, 0.29) is 5.91 Å². The molecule has 3 heterocycles. The summed E-state index contributed by atoms with van der Waals surface area (Å²) in [6, 6.07) is 5.46. The van der Waals surface area contributed by atoms with Crippen molar-refractivity contribution in [1.82, 2.24) is 10.1 Å². The Morgan fingerprint density at radius 3 is 3.10 bits per heavy atom. The van der Waals surface area contributed by atoms with Gasteiger partial charge in [-0.05, 0) is 24.5 Å². The number of anilines is 1. The van der Waals surface area contributed by atoms with Crippen LogP contribution in [0, 0.1) is 0 Å². The number of ether oxygens (including phenoxy) is 1. The molecular weight excluding hydrogens is 270 g/mol. The first kappa shape index (κ1) is 13.6. The number of carbonyl (C=O) groups excluding carboxylic acids is 1. The van der Waals surface area contributed by atoms with Gasteiger partial charge in [0.2, 0.25) is 5.88 Å². The lowest BCUT2D eigenvalue weighted by Gasteiger charge is -2.14. The van der Waals surface area contributed by atoms with Gasteiger partial charge in [-0.3, -0.25) is 9.69 Å². The summed E-state index contributed by atoms with van der Waals surface area (Å²) in [5.41, 5.74) is 1.37. The van der Waals surface area contributed by atoms with Crippen LogP contribution >= 0.6 is 0 Å². The van der Waals surface area contributed by atoms with Crippen LogP contribution < -0.4 is 9.64 Å². The van der Waals surface area contributed by atoms with Crippen LogP contribution in [0.25, 0.3) is 0 Å². The van der Waals surface area contributed by atoms with Crippen molar-refractivity contribution >= 4 is 11.7 Å². The maximum absolute atomic E-state index is 12.5. The molecule has 0 N–H and O–H groups in total. The highest BCUT2D eigenvalue weighted by molar-refractivity contribution is 6.05. The molecule has 110 valence electrons. The Bertz CT molecular complexity index is 666. The Labute approximate surface area is 122 Å². The van der Waals surface area contributed by atoms with Gasteiger partial charge in [-0.2, -0.15) is 4.98 Å². The first-order valence-electron chi connectivity index (χ1n) is 7.04. The monoisotopic (exact) mass is 287 g/mol. The molecule has 0 saturated heterocycles. The molecule has 0 unspecified atom stereocenters. The van der Waals surface area contributed by atoms with Gasteiger partial charge < -0.3 is 9.26 Å². The highest BCUT2D eigenvalue weighted by atomic mass is 16.5. The van der Waals surface area contributed by atoms with E-state index < -0.39 is 0 Å². The van der Waals surface area contributed by atoms with E-state index in [1.807, 2.05) is 12.1 Å². The minimum absolute atomic E-state index is 0.180. The molecule has 0 spiro atoms. The molecule has 0 saturated carbocycles. The Kier molecular flexibility index (Phi) is 3.60. The molecule has 21 heavy (non-hydrogen) atoms. The number of hydrogen-bond donors (Lipinski definition) is 0. The fraction of sp³-hybridized carbons (Fsp3) is 0.400. The average molecular weight is 287 g/mol. The van der Waals surface area contributed by atoms with Gasteiger partial charge in [0.05, 0.1) is 7.11 Å². The van der Waals surface area contributed by atoms with Gasteiger partial charge in [-0.1, -0.05) is 12.1 Å². The molecule has 0 aromatic carbocycles. The van der Waals surface area contributed by atoms with Crippen molar-refractivity contribution in [2.24, 2.45) is 0 Å². The quantitative estimate of drug-likeness (QED) is 0.862. The summed E-state index contributed by atoms with van der Waals surface area (Å²) in [6.07, 6.45) is 2.52. The number of amides is 1. The van der Waals surface area contributed by atoms with E-state index in [4.69, 9.17) is 9.26 Å². The number of methoxy groups -OCH3 is 1. The van der Waals surface area contributed by atoms with Gasteiger partial charge in [0, 0.05) is 25.1 Å². The van der Waals surface area contributed by atoms with Crippen LogP contribution in [0.1, 0.15) is 35.2 Å². The smallest absolute Gasteiger partial charge is 0.281 e. The summed E-state index contributed by atoms with van der Waals surface area (Å²) in [6.45, 7) is 2.65. The fourth-order valence-electron chi connectivity index (χ4n) is 2.45. The first-order chi connectivity index (χ1) is 10.2. The summed E-state index contributed by atoms with van der Waals surface area (Å²) in [4.78, 5) is 18.5. The second-order valence-electron chi connectivity index (χ2n) is 4.97. The number of aryl methyl sites for hydroxylation is 1. The molecule has 2 aromatic rings. The van der Waals surface area contributed by atoms with Crippen molar-refractivity contribution < 1.29 is 14.1 Å². The highest BCUT2D eigenvalue weighted by Gasteiger charge is 2.29. The average Bonchev–Trinajstić information content (AvgIpc) is 3.13. The minimum atomic E-state index is -0.180. The molecule has 3 rings (SSSR count). The van der Waals surface area contributed by atoms with E-state index in [1.54, 1.807) is 18.1 Å². The third-order valence-electron chi connectivity index (χ3n) is 3.52. The lowest BCUT2D eigenvalue weighted by Crippen LogP contribution is -2.29. The van der Waals surface area contributed by atoms with Crippen LogP contribution in [0.3, 0.4) is 0 Å². The second kappa shape index (κ2) is 5.55. The maximum atomic E-state index is 12.5. The molecular formula is C15H17N3O3. The van der Waals surface area contributed by atoms with Crippen LogP contribution in [-0.2, 0) is 12.8 Å². The molecule has 0 radical (unpaired) electrons. The number of hydrogen-bond acceptors (Lipinski definition) is 5. The van der Waals surface area contributed by atoms with E-state index in [2.05, 4.69) is 17.1 Å². The maximum Gasteiger partial charge on any atom is 0.281 e. The van der Waals surface area contributed by atoms with Gasteiger partial charge in [-0.25, -0.2) is 0 Å². The summed E-state index contributed by atoms with van der Waals surface area (Å²) in [7, 11) is 1.56. The van der Waals surface area contributed by atoms with Gasteiger partial charge >= 0.3 is 0 Å². The van der Waals surface area contributed by atoms with Gasteiger partial charge in [0.1, 0.15) is 11.6 Å². The molecule has 1 aliphatic rings. The summed E-state index contributed by atoms with van der Waals surface area (Å²) in [5.74, 6) is 1.71. The molecule has 1 amide bonds. The lowest BCUT2D eigenvalue weighted by molar-refractivity contribution is 0.0980. The highest BCUT2D eigenvalue weighted by Crippen LogP contribution is 2.29. The molecule has 2 aromatic heterocycles. The standard InChI is InChI=1S/C15H17N3O3/c1-3-4-11-9-12(17-21-11)15(19)18-8-7-10-5-6-13(20-2)16-14(10)18/h5-6,9H,3-4,7-8H2,1-2H3. The predicted molar refractivity (Wildman–Crippen MR) is 76.7 cm³/mol. The number of nitrogens with zero attached hydrogens (tertiary/aromatic N) is 3. The van der Waals surface area contributed by atoms with Crippen LogP contribution in [0.5, 0.6) is 5.88 Å². The van der Waals surface area contributed by atoms with E-state index in [1.165, 1.54) is 0 Å². The molecule has 0 bridgehead atoms. The lowest BCUT2D eigenvalue weighted by atomic mass is 10.2. The summed E-state index contributed by atoms with van der Waals surface area (Å²) >= 11 is 0. The van der Waals surface area contributed by atoms with E-state index in [9.17, 15) is 4.79 Å². The van der Waals surface area contributed by atoms with Gasteiger partial charge in [-0.15, -0.1) is 0 Å². The zero-order valence-corrected chi connectivity index (χ0v) is 12.1. The Hall–Kier alpha value is -2.37. The molecule has 0 atom stereocenters. The van der Waals surface area contributed by atoms with Crippen molar-refractivity contribution in [3.05, 3.63) is 35.2 Å². The van der Waals surface area contributed by atoms with E-state index in [0.717, 1.165) is 30.6 Å². The van der Waals surface area contributed by atoms with E-state index in [0.29, 0.717) is 23.9 Å². The first-order valence-corrected chi connectivity index (χ1v) is 7.04. The third-order valence-corrected chi connectivity index (χ3v) is 3.52. The van der Waals surface area contributed by atoms with Crippen LogP contribution in [0.4, 0.5) is 5.82 Å². The second-order valence-corrected chi connectivity index (χ2v) is 4.97. The number of aromatic nitrogens is 2. The Morgan fingerprint density at radius 1 is 1.48 bits per heavy atom. The van der Waals surface area contributed by atoms with Crippen LogP contribution in [-0.4, -0.2) is 29.7 Å². The normalized spacial score (nSPS) is 13.3. The molecule has 0 aliphatic carbocycles. The Morgan fingerprint density at radius 2 is 2.33 bits per heavy atom. The minimum Gasteiger partial charge on any atom is -0.481 e. The largest absolute Gasteiger partial charge is 0.481 e. The topological polar surface area (TPSA) is 68.5 Å². The molecule has 0 fully saturated rings. The number of rotatable bonds is 4. The zero-order valence-electron chi connectivity index (χ0n) is 12.1. The number of fused-ring (bicyclic) bond motifs is 1. The van der Waals surface area contributed by atoms with Crippen molar-refractivity contribution in [2.75, 3.05) is 18.6 Å². The fourth-order valence-corrected chi connectivity index (χ4v) is 2.45. The summed E-state index contributed by atoms with van der Waals surface area (Å²) < 4.78 is 10.3.